The van der Waals surface area contributed by atoms with Crippen LogP contribution >= 0.6 is 15.9 Å². The molecule has 0 unspecified atom stereocenters. The molecule has 1 aliphatic heterocycles. The zero-order chi connectivity index (χ0) is 18.1. The van der Waals surface area contributed by atoms with Crippen molar-refractivity contribution in [1.29, 1.82) is 0 Å². The van der Waals surface area contributed by atoms with Gasteiger partial charge in [0.25, 0.3) is 11.8 Å². The molecule has 0 atom stereocenters. The third-order valence-corrected chi connectivity index (χ3v) is 4.15. The molecule has 0 saturated carbocycles. The van der Waals surface area contributed by atoms with E-state index in [0.717, 1.165) is 4.90 Å². The molecule has 0 bridgehead atoms. The van der Waals surface area contributed by atoms with Crippen molar-refractivity contribution >= 4 is 45.3 Å². The number of hydrogen-bond acceptors (Lipinski definition) is 5. The largest absolute Gasteiger partial charge is 0.545 e. The number of aromatic carboxylic acids is 1. The van der Waals surface area contributed by atoms with Crippen LogP contribution in [0.4, 0.5) is 5.69 Å². The van der Waals surface area contributed by atoms with Crippen LogP contribution in [0.25, 0.3) is 0 Å². The van der Waals surface area contributed by atoms with Crippen molar-refractivity contribution in [2.24, 2.45) is 0 Å². The van der Waals surface area contributed by atoms with Crippen molar-refractivity contribution in [3.63, 3.8) is 0 Å². The second-order valence-corrected chi connectivity index (χ2v) is 6.18. The summed E-state index contributed by atoms with van der Waals surface area (Å²) in [5, 5.41) is 13.5. The Bertz CT molecular complexity index is 890. The summed E-state index contributed by atoms with van der Waals surface area (Å²) in [5.41, 5.74) is 0.272. The lowest BCUT2D eigenvalue weighted by Crippen LogP contribution is -2.37. The van der Waals surface area contributed by atoms with Crippen LogP contribution in [0.15, 0.2) is 46.9 Å². The van der Waals surface area contributed by atoms with Crippen molar-refractivity contribution < 1.29 is 24.3 Å². The van der Waals surface area contributed by atoms with Crippen LogP contribution in [0.1, 0.15) is 31.1 Å². The van der Waals surface area contributed by atoms with Crippen molar-refractivity contribution in [3.8, 4) is 0 Å². The Kier molecular flexibility index (Phi) is 4.37. The minimum atomic E-state index is -1.46. The number of carboxylic acid groups (broad SMARTS) is 1. The van der Waals surface area contributed by atoms with Gasteiger partial charge in [0.05, 0.1) is 17.1 Å². The number of hydrogen-bond donors (Lipinski definition) is 1. The highest BCUT2D eigenvalue weighted by Crippen LogP contribution is 2.23. The maximum absolute atomic E-state index is 12.2. The highest BCUT2D eigenvalue weighted by atomic mass is 79.9. The zero-order valence-electron chi connectivity index (χ0n) is 12.6. The fourth-order valence-electron chi connectivity index (χ4n) is 2.51. The van der Waals surface area contributed by atoms with Gasteiger partial charge >= 0.3 is 0 Å². The molecule has 126 valence electrons. The average molecular weight is 402 g/mol. The summed E-state index contributed by atoms with van der Waals surface area (Å²) in [6, 6.07) is 10.5. The van der Waals surface area contributed by atoms with Gasteiger partial charge in [-0.25, -0.2) is 0 Å². The number of carbonyl (C=O) groups excluding carboxylic acids is 4. The summed E-state index contributed by atoms with van der Waals surface area (Å²) < 4.78 is 0.505. The van der Waals surface area contributed by atoms with Crippen molar-refractivity contribution in [1.82, 2.24) is 4.90 Å². The Hall–Kier alpha value is -3.00. The number of anilines is 1. The molecular weight excluding hydrogens is 392 g/mol. The van der Waals surface area contributed by atoms with Crippen LogP contribution in [0, 0.1) is 0 Å². The first-order valence-corrected chi connectivity index (χ1v) is 7.93. The van der Waals surface area contributed by atoms with Gasteiger partial charge in [-0.2, -0.15) is 0 Å². The number of rotatable bonds is 4. The summed E-state index contributed by atoms with van der Waals surface area (Å²) in [6.45, 7) is -0.519. The maximum Gasteiger partial charge on any atom is 0.262 e. The molecule has 2 aromatic rings. The van der Waals surface area contributed by atoms with E-state index in [0.29, 0.717) is 4.47 Å². The Balaban J connectivity index is 1.78. The van der Waals surface area contributed by atoms with Gasteiger partial charge in [0, 0.05) is 15.7 Å². The SMILES string of the molecule is O=C(CN1C(=O)c2ccccc2C1=O)Nc1ccc(Br)cc1C(=O)[O-]. The Morgan fingerprint density at radius 1 is 1.04 bits per heavy atom. The lowest BCUT2D eigenvalue weighted by atomic mass is 10.1. The van der Waals surface area contributed by atoms with E-state index in [1.54, 1.807) is 18.2 Å². The maximum atomic E-state index is 12.2. The molecular formula is C17H10BrN2O5-. The summed E-state index contributed by atoms with van der Waals surface area (Å²) in [5.74, 6) is -3.28. The third-order valence-electron chi connectivity index (χ3n) is 3.66. The van der Waals surface area contributed by atoms with Gasteiger partial charge in [0.2, 0.25) is 5.91 Å². The van der Waals surface area contributed by atoms with E-state index in [1.807, 2.05) is 0 Å². The van der Waals surface area contributed by atoms with E-state index in [-0.39, 0.29) is 22.4 Å². The first kappa shape index (κ1) is 16.8. The van der Waals surface area contributed by atoms with E-state index in [9.17, 15) is 24.3 Å². The second kappa shape index (κ2) is 6.48. The van der Waals surface area contributed by atoms with Crippen LogP contribution in [-0.4, -0.2) is 35.1 Å². The van der Waals surface area contributed by atoms with Gasteiger partial charge in [0.1, 0.15) is 6.54 Å². The molecule has 0 saturated heterocycles. The average Bonchev–Trinajstić information content (AvgIpc) is 2.82. The molecule has 3 amide bonds. The quantitative estimate of drug-likeness (QED) is 0.770. The minimum absolute atomic E-state index is 0.0183. The smallest absolute Gasteiger partial charge is 0.262 e. The summed E-state index contributed by atoms with van der Waals surface area (Å²) >= 11 is 3.13. The van der Waals surface area contributed by atoms with Crippen LogP contribution in [0.3, 0.4) is 0 Å². The molecule has 2 aromatic carbocycles. The molecule has 8 heteroatoms. The fraction of sp³-hybridized carbons (Fsp3) is 0.0588. The van der Waals surface area contributed by atoms with E-state index >= 15 is 0 Å². The lowest BCUT2D eigenvalue weighted by Gasteiger charge is -2.16. The fourth-order valence-corrected chi connectivity index (χ4v) is 2.87. The normalized spacial score (nSPS) is 12.9. The number of imide groups is 1. The number of fused-ring (bicyclic) bond motifs is 1. The van der Waals surface area contributed by atoms with Crippen LogP contribution in [0.2, 0.25) is 0 Å². The Morgan fingerprint density at radius 3 is 2.20 bits per heavy atom. The zero-order valence-corrected chi connectivity index (χ0v) is 14.2. The predicted molar refractivity (Wildman–Crippen MR) is 88.9 cm³/mol. The standard InChI is InChI=1S/C17H11BrN2O5/c18-9-5-6-13(12(7-9)17(24)25)19-14(21)8-20-15(22)10-3-1-2-4-11(10)16(20)23/h1-7H,8H2,(H,19,21)(H,24,25)/p-1. The Morgan fingerprint density at radius 2 is 1.64 bits per heavy atom. The van der Waals surface area contributed by atoms with E-state index in [4.69, 9.17) is 0 Å². The highest BCUT2D eigenvalue weighted by Gasteiger charge is 2.36. The number of carbonyl (C=O) groups is 4. The third kappa shape index (κ3) is 3.16. The van der Waals surface area contributed by atoms with Crippen LogP contribution in [-0.2, 0) is 4.79 Å². The van der Waals surface area contributed by atoms with Gasteiger partial charge in [0.15, 0.2) is 0 Å². The second-order valence-electron chi connectivity index (χ2n) is 5.27. The molecule has 1 heterocycles. The first-order chi connectivity index (χ1) is 11.9. The van der Waals surface area contributed by atoms with Gasteiger partial charge in [-0.15, -0.1) is 0 Å². The molecule has 0 aliphatic carbocycles. The summed E-state index contributed by atoms with van der Waals surface area (Å²) in [4.78, 5) is 48.6. The molecule has 7 nitrogen and oxygen atoms in total. The van der Waals surface area contributed by atoms with Gasteiger partial charge in [-0.3, -0.25) is 19.3 Å². The molecule has 0 fully saturated rings. The number of amides is 3. The van der Waals surface area contributed by atoms with Crippen molar-refractivity contribution in [2.45, 2.75) is 0 Å². The first-order valence-electron chi connectivity index (χ1n) is 7.14. The summed E-state index contributed by atoms with van der Waals surface area (Å²) in [6.07, 6.45) is 0. The van der Waals surface area contributed by atoms with E-state index in [2.05, 4.69) is 21.2 Å². The minimum Gasteiger partial charge on any atom is -0.545 e. The molecule has 0 spiro atoms. The molecule has 1 aliphatic rings. The number of nitrogens with one attached hydrogen (secondary N) is 1. The summed E-state index contributed by atoms with van der Waals surface area (Å²) in [7, 11) is 0. The number of halogens is 1. The van der Waals surface area contributed by atoms with E-state index < -0.39 is 30.2 Å². The van der Waals surface area contributed by atoms with Crippen LogP contribution in [0.5, 0.6) is 0 Å². The molecule has 3 rings (SSSR count). The van der Waals surface area contributed by atoms with Gasteiger partial charge in [-0.05, 0) is 30.3 Å². The van der Waals surface area contributed by atoms with Crippen LogP contribution < -0.4 is 10.4 Å². The number of benzene rings is 2. The number of carboxylic acids is 1. The number of nitrogens with zero attached hydrogens (tertiary/aromatic N) is 1. The topological polar surface area (TPSA) is 107 Å². The monoisotopic (exact) mass is 401 g/mol. The Labute approximate surface area is 150 Å². The highest BCUT2D eigenvalue weighted by molar-refractivity contribution is 9.10. The molecule has 1 N–H and O–H groups in total. The van der Waals surface area contributed by atoms with Crippen molar-refractivity contribution in [3.05, 3.63) is 63.6 Å². The van der Waals surface area contributed by atoms with Gasteiger partial charge < -0.3 is 15.2 Å². The molecule has 25 heavy (non-hydrogen) atoms. The predicted octanol–water partition coefficient (Wildman–Crippen LogP) is 1.05. The molecule has 0 radical (unpaired) electrons. The molecule has 0 aromatic heterocycles. The lowest BCUT2D eigenvalue weighted by molar-refractivity contribution is -0.254. The van der Waals surface area contributed by atoms with Gasteiger partial charge in [-0.1, -0.05) is 28.1 Å². The van der Waals surface area contributed by atoms with E-state index in [1.165, 1.54) is 24.3 Å². The van der Waals surface area contributed by atoms with Crippen molar-refractivity contribution in [2.75, 3.05) is 11.9 Å².